The van der Waals surface area contributed by atoms with Gasteiger partial charge in [-0.15, -0.1) is 0 Å². The highest BCUT2D eigenvalue weighted by atomic mass is 15.1. The Hall–Kier alpha value is -0.860. The lowest BCUT2D eigenvalue weighted by Crippen LogP contribution is -2.31. The van der Waals surface area contributed by atoms with Crippen LogP contribution in [0.2, 0.25) is 0 Å². The van der Waals surface area contributed by atoms with Crippen LogP contribution in [0.15, 0.2) is 24.3 Å². The summed E-state index contributed by atoms with van der Waals surface area (Å²) in [6.07, 6.45) is 8.84. The highest BCUT2D eigenvalue weighted by Crippen LogP contribution is 2.35. The number of hydrogen-bond acceptors (Lipinski definition) is 2. The van der Waals surface area contributed by atoms with E-state index in [0.29, 0.717) is 0 Å². The Balaban J connectivity index is 1.48. The van der Waals surface area contributed by atoms with E-state index < -0.39 is 0 Å². The fraction of sp³-hybridized carbons (Fsp3) is 0.647. The molecule has 2 heteroatoms. The Morgan fingerprint density at radius 1 is 0.947 bits per heavy atom. The molecular weight excluding hydrogens is 232 g/mol. The molecule has 0 aromatic heterocycles. The lowest BCUT2D eigenvalue weighted by atomic mass is 10.0. The molecule has 1 aromatic carbocycles. The van der Waals surface area contributed by atoms with Gasteiger partial charge >= 0.3 is 0 Å². The maximum atomic E-state index is 6.17. The predicted molar refractivity (Wildman–Crippen MR) is 80.3 cm³/mol. The minimum atomic E-state index is 0.134. The van der Waals surface area contributed by atoms with E-state index in [-0.39, 0.29) is 5.54 Å². The van der Waals surface area contributed by atoms with Crippen molar-refractivity contribution in [3.05, 3.63) is 35.4 Å². The van der Waals surface area contributed by atoms with Gasteiger partial charge < -0.3 is 10.6 Å². The Morgan fingerprint density at radius 3 is 2.21 bits per heavy atom. The molecule has 1 aliphatic heterocycles. The number of piperidine rings is 1. The largest absolute Gasteiger partial charge is 0.325 e. The van der Waals surface area contributed by atoms with Gasteiger partial charge in [0.25, 0.3) is 0 Å². The van der Waals surface area contributed by atoms with Crippen LogP contribution in [0.4, 0.5) is 0 Å². The van der Waals surface area contributed by atoms with Crippen molar-refractivity contribution in [3.63, 3.8) is 0 Å². The molecule has 1 aromatic rings. The average molecular weight is 258 g/mol. The van der Waals surface area contributed by atoms with Gasteiger partial charge in [-0.3, -0.25) is 0 Å². The molecule has 0 spiro atoms. The van der Waals surface area contributed by atoms with Crippen LogP contribution < -0.4 is 5.73 Å². The molecule has 0 atom stereocenters. The SMILES string of the molecule is NC1(Cc2ccc(CCN3CCCCC3)cc2)CC1. The van der Waals surface area contributed by atoms with Crippen LogP contribution in [0.1, 0.15) is 43.2 Å². The van der Waals surface area contributed by atoms with Crippen molar-refractivity contribution in [3.8, 4) is 0 Å². The van der Waals surface area contributed by atoms with Crippen LogP contribution in [0.5, 0.6) is 0 Å². The minimum Gasteiger partial charge on any atom is -0.325 e. The molecular formula is C17H26N2. The molecule has 0 amide bonds. The molecule has 2 fully saturated rings. The van der Waals surface area contributed by atoms with Gasteiger partial charge in [-0.25, -0.2) is 0 Å². The van der Waals surface area contributed by atoms with Gasteiger partial charge in [-0.2, -0.15) is 0 Å². The highest BCUT2D eigenvalue weighted by molar-refractivity contribution is 5.25. The summed E-state index contributed by atoms with van der Waals surface area (Å²) >= 11 is 0. The van der Waals surface area contributed by atoms with Gasteiger partial charge in [0.15, 0.2) is 0 Å². The molecule has 2 N–H and O–H groups in total. The lowest BCUT2D eigenvalue weighted by Gasteiger charge is -2.26. The quantitative estimate of drug-likeness (QED) is 0.880. The summed E-state index contributed by atoms with van der Waals surface area (Å²) in [5.41, 5.74) is 9.17. The second-order valence-electron chi connectivity index (χ2n) is 6.51. The first kappa shape index (κ1) is 13.1. The van der Waals surface area contributed by atoms with Crippen LogP contribution in [-0.2, 0) is 12.8 Å². The van der Waals surface area contributed by atoms with Gasteiger partial charge in [-0.1, -0.05) is 30.7 Å². The minimum absolute atomic E-state index is 0.134. The Kier molecular flexibility index (Phi) is 3.90. The lowest BCUT2D eigenvalue weighted by molar-refractivity contribution is 0.231. The van der Waals surface area contributed by atoms with E-state index in [1.54, 1.807) is 0 Å². The van der Waals surface area contributed by atoms with Crippen molar-refractivity contribution >= 4 is 0 Å². The fourth-order valence-corrected chi connectivity index (χ4v) is 3.04. The summed E-state index contributed by atoms with van der Waals surface area (Å²) in [6.45, 7) is 3.82. The van der Waals surface area contributed by atoms with Crippen molar-refractivity contribution in [2.24, 2.45) is 5.73 Å². The molecule has 1 saturated heterocycles. The number of nitrogens with two attached hydrogens (primary N) is 1. The first-order valence-electron chi connectivity index (χ1n) is 7.83. The van der Waals surface area contributed by atoms with Crippen LogP contribution in [0.25, 0.3) is 0 Å². The second-order valence-corrected chi connectivity index (χ2v) is 6.51. The van der Waals surface area contributed by atoms with E-state index in [2.05, 4.69) is 29.2 Å². The van der Waals surface area contributed by atoms with Gasteiger partial charge in [0.1, 0.15) is 0 Å². The molecule has 1 saturated carbocycles. The highest BCUT2D eigenvalue weighted by Gasteiger charge is 2.37. The molecule has 0 unspecified atom stereocenters. The molecule has 0 radical (unpaired) electrons. The van der Waals surface area contributed by atoms with E-state index in [0.717, 1.165) is 6.42 Å². The van der Waals surface area contributed by atoms with E-state index in [9.17, 15) is 0 Å². The van der Waals surface area contributed by atoms with E-state index in [1.165, 1.54) is 69.3 Å². The van der Waals surface area contributed by atoms with Crippen LogP contribution in [0, 0.1) is 0 Å². The zero-order valence-electron chi connectivity index (χ0n) is 11.9. The number of likely N-dealkylation sites (tertiary alicyclic amines) is 1. The van der Waals surface area contributed by atoms with Gasteiger partial charge in [0, 0.05) is 12.1 Å². The summed E-state index contributed by atoms with van der Waals surface area (Å²) in [5, 5.41) is 0. The molecule has 0 bridgehead atoms. The Bertz CT molecular complexity index is 400. The first-order valence-corrected chi connectivity index (χ1v) is 7.83. The van der Waals surface area contributed by atoms with Crippen molar-refractivity contribution in [1.82, 2.24) is 4.90 Å². The standard InChI is InChI=1S/C17H26N2/c18-17(9-10-17)14-16-6-4-15(5-7-16)8-13-19-11-2-1-3-12-19/h4-7H,1-3,8-14,18H2. The topological polar surface area (TPSA) is 29.3 Å². The normalized spacial score (nSPS) is 22.4. The molecule has 104 valence electrons. The van der Waals surface area contributed by atoms with E-state index in [4.69, 9.17) is 5.73 Å². The zero-order valence-corrected chi connectivity index (χ0v) is 11.9. The van der Waals surface area contributed by atoms with Crippen LogP contribution >= 0.6 is 0 Å². The van der Waals surface area contributed by atoms with Crippen molar-refractivity contribution in [2.75, 3.05) is 19.6 Å². The second kappa shape index (κ2) is 5.64. The zero-order chi connectivity index (χ0) is 13.1. The number of hydrogen-bond donors (Lipinski definition) is 1. The number of nitrogens with zero attached hydrogens (tertiary/aromatic N) is 1. The Morgan fingerprint density at radius 2 is 1.58 bits per heavy atom. The molecule has 19 heavy (non-hydrogen) atoms. The summed E-state index contributed by atoms with van der Waals surface area (Å²) in [4.78, 5) is 2.61. The van der Waals surface area contributed by atoms with Crippen LogP contribution in [0.3, 0.4) is 0 Å². The van der Waals surface area contributed by atoms with E-state index >= 15 is 0 Å². The van der Waals surface area contributed by atoms with Gasteiger partial charge in [0.05, 0.1) is 0 Å². The summed E-state index contributed by atoms with van der Waals surface area (Å²) < 4.78 is 0. The third-order valence-corrected chi connectivity index (χ3v) is 4.64. The molecule has 1 aliphatic carbocycles. The third-order valence-electron chi connectivity index (χ3n) is 4.64. The van der Waals surface area contributed by atoms with E-state index in [1.807, 2.05) is 0 Å². The summed E-state index contributed by atoms with van der Waals surface area (Å²) in [7, 11) is 0. The molecule has 1 heterocycles. The summed E-state index contributed by atoms with van der Waals surface area (Å²) in [5.74, 6) is 0. The fourth-order valence-electron chi connectivity index (χ4n) is 3.04. The molecule has 2 nitrogen and oxygen atoms in total. The maximum Gasteiger partial charge on any atom is 0.0196 e. The smallest absolute Gasteiger partial charge is 0.0196 e. The Labute approximate surface area is 117 Å². The van der Waals surface area contributed by atoms with Gasteiger partial charge in [-0.05, 0) is 62.7 Å². The maximum absolute atomic E-state index is 6.17. The van der Waals surface area contributed by atoms with Crippen molar-refractivity contribution in [2.45, 2.75) is 50.5 Å². The number of benzene rings is 1. The third kappa shape index (κ3) is 3.80. The van der Waals surface area contributed by atoms with Gasteiger partial charge in [0.2, 0.25) is 0 Å². The summed E-state index contributed by atoms with van der Waals surface area (Å²) in [6, 6.07) is 9.15. The molecule has 3 rings (SSSR count). The predicted octanol–water partition coefficient (Wildman–Crippen LogP) is 2.75. The monoisotopic (exact) mass is 258 g/mol. The first-order chi connectivity index (χ1) is 9.23. The molecule has 2 aliphatic rings. The van der Waals surface area contributed by atoms with Crippen molar-refractivity contribution < 1.29 is 0 Å². The average Bonchev–Trinajstić information content (AvgIpc) is 3.17. The number of rotatable bonds is 5. The van der Waals surface area contributed by atoms with Crippen molar-refractivity contribution in [1.29, 1.82) is 0 Å². The van der Waals surface area contributed by atoms with Crippen LogP contribution in [-0.4, -0.2) is 30.1 Å².